The third-order valence-electron chi connectivity index (χ3n) is 4.30. The molecule has 0 bridgehead atoms. The van der Waals surface area contributed by atoms with Crippen molar-refractivity contribution in [3.63, 3.8) is 0 Å². The molecular weight excluding hydrogens is 276 g/mol. The van der Waals surface area contributed by atoms with Crippen LogP contribution in [0.15, 0.2) is 53.4 Å². The van der Waals surface area contributed by atoms with Crippen molar-refractivity contribution in [1.29, 1.82) is 0 Å². The fourth-order valence-corrected chi connectivity index (χ4v) is 3.54. The Morgan fingerprint density at radius 3 is 2.57 bits per heavy atom. The van der Waals surface area contributed by atoms with Crippen LogP contribution in [-0.2, 0) is 0 Å². The highest BCUT2D eigenvalue weighted by atomic mass is 32.2. The summed E-state index contributed by atoms with van der Waals surface area (Å²) >= 11 is 1.72. The smallest absolute Gasteiger partial charge is 0.0884 e. The lowest BCUT2D eigenvalue weighted by atomic mass is 9.79. The number of thioether (sulfide) groups is 1. The minimum Gasteiger partial charge on any atom is -0.388 e. The highest BCUT2D eigenvalue weighted by Crippen LogP contribution is 2.37. The summed E-state index contributed by atoms with van der Waals surface area (Å²) in [5, 5.41) is 10.4. The maximum absolute atomic E-state index is 10.4. The van der Waals surface area contributed by atoms with Crippen molar-refractivity contribution >= 4 is 11.8 Å². The van der Waals surface area contributed by atoms with E-state index in [1.807, 2.05) is 6.07 Å². The van der Waals surface area contributed by atoms with Crippen molar-refractivity contribution in [3.05, 3.63) is 65.2 Å². The van der Waals surface area contributed by atoms with Crippen molar-refractivity contribution in [3.8, 4) is 0 Å². The Labute approximate surface area is 131 Å². The standard InChI is InChI=1S/C19H22OS/c1-14-8-10-18(11-9-14)21-13-19(20)17-7-3-6-16(12-17)15-4-2-5-15/h3,6-12,15,19-20H,2,4-5,13H2,1H3. The quantitative estimate of drug-likeness (QED) is 0.776. The van der Waals surface area contributed by atoms with Crippen LogP contribution in [0.5, 0.6) is 0 Å². The Morgan fingerprint density at radius 2 is 1.90 bits per heavy atom. The zero-order chi connectivity index (χ0) is 14.7. The van der Waals surface area contributed by atoms with E-state index < -0.39 is 6.10 Å². The van der Waals surface area contributed by atoms with Gasteiger partial charge >= 0.3 is 0 Å². The Bertz CT molecular complexity index is 587. The van der Waals surface area contributed by atoms with Gasteiger partial charge < -0.3 is 5.11 Å². The summed E-state index contributed by atoms with van der Waals surface area (Å²) in [4.78, 5) is 1.22. The normalized spacial score (nSPS) is 16.5. The number of hydrogen-bond donors (Lipinski definition) is 1. The molecule has 21 heavy (non-hydrogen) atoms. The number of hydrogen-bond acceptors (Lipinski definition) is 2. The predicted octanol–water partition coefficient (Wildman–Crippen LogP) is 5.09. The summed E-state index contributed by atoms with van der Waals surface area (Å²) in [6.07, 6.45) is 3.56. The van der Waals surface area contributed by atoms with E-state index in [2.05, 4.69) is 49.4 Å². The number of rotatable bonds is 5. The van der Waals surface area contributed by atoms with Crippen LogP contribution in [0.3, 0.4) is 0 Å². The van der Waals surface area contributed by atoms with Gasteiger partial charge in [0, 0.05) is 10.6 Å². The molecule has 0 radical (unpaired) electrons. The summed E-state index contributed by atoms with van der Waals surface area (Å²) in [6.45, 7) is 2.09. The second-order valence-corrected chi connectivity index (χ2v) is 7.03. The van der Waals surface area contributed by atoms with Crippen LogP contribution in [0.4, 0.5) is 0 Å². The molecule has 1 atom stereocenters. The molecule has 110 valence electrons. The molecule has 1 unspecified atom stereocenters. The molecule has 3 rings (SSSR count). The summed E-state index contributed by atoms with van der Waals surface area (Å²) in [7, 11) is 0. The first-order valence-electron chi connectivity index (χ1n) is 7.70. The van der Waals surface area contributed by atoms with E-state index >= 15 is 0 Å². The lowest BCUT2D eigenvalue weighted by Crippen LogP contribution is -2.10. The van der Waals surface area contributed by atoms with Gasteiger partial charge in [0.2, 0.25) is 0 Å². The van der Waals surface area contributed by atoms with Crippen LogP contribution < -0.4 is 0 Å². The molecule has 0 spiro atoms. The predicted molar refractivity (Wildman–Crippen MR) is 89.9 cm³/mol. The summed E-state index contributed by atoms with van der Waals surface area (Å²) in [5.41, 5.74) is 3.73. The molecule has 0 saturated heterocycles. The highest BCUT2D eigenvalue weighted by molar-refractivity contribution is 7.99. The van der Waals surface area contributed by atoms with Gasteiger partial charge in [-0.05, 0) is 48.9 Å². The van der Waals surface area contributed by atoms with Crippen molar-refractivity contribution in [1.82, 2.24) is 0 Å². The zero-order valence-corrected chi connectivity index (χ0v) is 13.3. The zero-order valence-electron chi connectivity index (χ0n) is 12.5. The maximum Gasteiger partial charge on any atom is 0.0884 e. The van der Waals surface area contributed by atoms with Gasteiger partial charge in [-0.1, -0.05) is 48.4 Å². The van der Waals surface area contributed by atoms with Crippen LogP contribution in [0.25, 0.3) is 0 Å². The van der Waals surface area contributed by atoms with E-state index in [9.17, 15) is 5.11 Å². The van der Waals surface area contributed by atoms with Gasteiger partial charge in [-0.3, -0.25) is 0 Å². The number of aryl methyl sites for hydroxylation is 1. The molecule has 1 nitrogen and oxygen atoms in total. The van der Waals surface area contributed by atoms with E-state index in [1.165, 1.54) is 35.3 Å². The van der Waals surface area contributed by atoms with Gasteiger partial charge in [0.05, 0.1) is 6.10 Å². The SMILES string of the molecule is Cc1ccc(SCC(O)c2cccc(C3CCC3)c2)cc1. The largest absolute Gasteiger partial charge is 0.388 e. The summed E-state index contributed by atoms with van der Waals surface area (Å²) < 4.78 is 0. The molecule has 1 aliphatic rings. The molecule has 0 aliphatic heterocycles. The minimum absolute atomic E-state index is 0.392. The van der Waals surface area contributed by atoms with Crippen molar-refractivity contribution in [2.24, 2.45) is 0 Å². The van der Waals surface area contributed by atoms with Gasteiger partial charge in [-0.15, -0.1) is 11.8 Å². The topological polar surface area (TPSA) is 20.2 Å². The monoisotopic (exact) mass is 298 g/mol. The number of aliphatic hydroxyl groups excluding tert-OH is 1. The van der Waals surface area contributed by atoms with Crippen molar-refractivity contribution in [2.75, 3.05) is 5.75 Å². The van der Waals surface area contributed by atoms with Crippen LogP contribution in [0.1, 0.15) is 48.0 Å². The van der Waals surface area contributed by atoms with Crippen LogP contribution in [0, 0.1) is 6.92 Å². The molecule has 1 aliphatic carbocycles. The fraction of sp³-hybridized carbons (Fsp3) is 0.368. The average molecular weight is 298 g/mol. The van der Waals surface area contributed by atoms with Crippen LogP contribution in [-0.4, -0.2) is 10.9 Å². The highest BCUT2D eigenvalue weighted by Gasteiger charge is 2.20. The van der Waals surface area contributed by atoms with E-state index in [-0.39, 0.29) is 0 Å². The van der Waals surface area contributed by atoms with E-state index in [0.717, 1.165) is 11.5 Å². The Kier molecular flexibility index (Phi) is 4.67. The van der Waals surface area contributed by atoms with Crippen molar-refractivity contribution < 1.29 is 5.11 Å². The lowest BCUT2D eigenvalue weighted by Gasteiger charge is -2.26. The molecule has 0 amide bonds. The molecule has 1 fully saturated rings. The molecule has 1 saturated carbocycles. The first-order valence-corrected chi connectivity index (χ1v) is 8.68. The lowest BCUT2D eigenvalue weighted by molar-refractivity contribution is 0.204. The fourth-order valence-electron chi connectivity index (χ4n) is 2.67. The molecule has 2 heteroatoms. The second kappa shape index (κ2) is 6.67. The van der Waals surface area contributed by atoms with E-state index in [4.69, 9.17) is 0 Å². The second-order valence-electron chi connectivity index (χ2n) is 5.94. The summed E-state index contributed by atoms with van der Waals surface area (Å²) in [6, 6.07) is 17.0. The first-order chi connectivity index (χ1) is 10.2. The Balaban J connectivity index is 1.62. The Hall–Kier alpha value is -1.25. The van der Waals surface area contributed by atoms with Crippen LogP contribution in [0.2, 0.25) is 0 Å². The van der Waals surface area contributed by atoms with E-state index in [1.54, 1.807) is 11.8 Å². The average Bonchev–Trinajstić information content (AvgIpc) is 2.45. The van der Waals surface area contributed by atoms with Crippen molar-refractivity contribution in [2.45, 2.75) is 43.1 Å². The maximum atomic E-state index is 10.4. The molecule has 1 N–H and O–H groups in total. The number of aliphatic hydroxyl groups is 1. The van der Waals surface area contributed by atoms with Gasteiger partial charge in [0.15, 0.2) is 0 Å². The van der Waals surface area contributed by atoms with Gasteiger partial charge in [-0.25, -0.2) is 0 Å². The molecule has 0 aromatic heterocycles. The van der Waals surface area contributed by atoms with E-state index in [0.29, 0.717) is 5.75 Å². The molecule has 2 aromatic carbocycles. The van der Waals surface area contributed by atoms with Gasteiger partial charge in [0.25, 0.3) is 0 Å². The summed E-state index contributed by atoms with van der Waals surface area (Å²) in [5.74, 6) is 1.43. The van der Waals surface area contributed by atoms with Gasteiger partial charge in [0.1, 0.15) is 0 Å². The third kappa shape index (κ3) is 3.69. The molecule has 0 heterocycles. The minimum atomic E-state index is -0.392. The number of benzene rings is 2. The third-order valence-corrected chi connectivity index (χ3v) is 5.39. The molecular formula is C19H22OS. The van der Waals surface area contributed by atoms with Gasteiger partial charge in [-0.2, -0.15) is 0 Å². The van der Waals surface area contributed by atoms with Crippen LogP contribution >= 0.6 is 11.8 Å². The first kappa shape index (κ1) is 14.7. The molecule has 2 aromatic rings. The Morgan fingerprint density at radius 1 is 1.14 bits per heavy atom.